The van der Waals surface area contributed by atoms with E-state index >= 15 is 0 Å². The molecule has 2 N–H and O–H groups in total. The van der Waals surface area contributed by atoms with Crippen molar-refractivity contribution in [2.24, 2.45) is 0 Å². The van der Waals surface area contributed by atoms with Crippen molar-refractivity contribution >= 4 is 22.9 Å². The molecule has 0 aliphatic heterocycles. The Morgan fingerprint density at radius 2 is 1.30 bits per heavy atom. The summed E-state index contributed by atoms with van der Waals surface area (Å²) in [5.41, 5.74) is 2.98. The van der Waals surface area contributed by atoms with Gasteiger partial charge in [0.25, 0.3) is 0 Å². The second-order valence-electron chi connectivity index (χ2n) is 5.99. The lowest BCUT2D eigenvalue weighted by atomic mass is 10.2. The second kappa shape index (κ2) is 8.06. The highest BCUT2D eigenvalue weighted by Gasteiger charge is 2.01. The summed E-state index contributed by atoms with van der Waals surface area (Å²) >= 11 is 0. The van der Waals surface area contributed by atoms with Gasteiger partial charge >= 0.3 is 0 Å². The molecular weight excluding hydrogens is 334 g/mol. The number of hydrogen-bond donors (Lipinski definition) is 2. The number of hydrogen-bond acceptors (Lipinski definition) is 4. The molecule has 4 aromatic rings. The normalized spacial score (nSPS) is 10.2. The monoisotopic (exact) mass is 353 g/mol. The zero-order chi connectivity index (χ0) is 18.3. The second-order valence-corrected chi connectivity index (χ2v) is 5.99. The molecular formula is C23H19N3O. The van der Waals surface area contributed by atoms with Crippen LogP contribution in [0.4, 0.5) is 22.9 Å². The minimum absolute atomic E-state index is 0.776. The summed E-state index contributed by atoms with van der Waals surface area (Å²) in [6.07, 6.45) is 1.76. The average molecular weight is 353 g/mol. The van der Waals surface area contributed by atoms with E-state index in [0.717, 1.165) is 34.4 Å². The first kappa shape index (κ1) is 16.7. The number of anilines is 4. The molecule has 0 aliphatic carbocycles. The Kier molecular flexibility index (Phi) is 4.97. The summed E-state index contributed by atoms with van der Waals surface area (Å²) in [4.78, 5) is 4.26. The first-order valence-electron chi connectivity index (χ1n) is 8.73. The first-order valence-corrected chi connectivity index (χ1v) is 8.73. The van der Waals surface area contributed by atoms with Gasteiger partial charge in [-0.05, 0) is 60.7 Å². The average Bonchev–Trinajstić information content (AvgIpc) is 2.71. The molecule has 4 heteroatoms. The van der Waals surface area contributed by atoms with Crippen LogP contribution in [0.2, 0.25) is 0 Å². The SMILES string of the molecule is c1ccc(Nc2cccc(Oc3ccc(Nc4ccccn4)cc3)c2)cc1. The Bertz CT molecular complexity index is 987. The lowest BCUT2D eigenvalue weighted by molar-refractivity contribution is 0.483. The van der Waals surface area contributed by atoms with Gasteiger partial charge in [-0.2, -0.15) is 0 Å². The van der Waals surface area contributed by atoms with Crippen molar-refractivity contribution in [3.8, 4) is 11.5 Å². The van der Waals surface area contributed by atoms with Crippen LogP contribution in [0, 0.1) is 0 Å². The van der Waals surface area contributed by atoms with Crippen molar-refractivity contribution in [3.05, 3.63) is 103 Å². The summed E-state index contributed by atoms with van der Waals surface area (Å²) in [5.74, 6) is 2.37. The largest absolute Gasteiger partial charge is 0.457 e. The van der Waals surface area contributed by atoms with Gasteiger partial charge in [0.05, 0.1) is 0 Å². The molecule has 132 valence electrons. The van der Waals surface area contributed by atoms with Crippen LogP contribution in [0.3, 0.4) is 0 Å². The van der Waals surface area contributed by atoms with E-state index in [-0.39, 0.29) is 0 Å². The topological polar surface area (TPSA) is 46.2 Å². The first-order chi connectivity index (χ1) is 13.3. The van der Waals surface area contributed by atoms with Gasteiger partial charge in [0.15, 0.2) is 0 Å². The molecule has 1 heterocycles. The highest BCUT2D eigenvalue weighted by atomic mass is 16.5. The minimum Gasteiger partial charge on any atom is -0.457 e. The molecule has 0 spiro atoms. The number of pyridine rings is 1. The summed E-state index contributed by atoms with van der Waals surface area (Å²) in [5, 5.41) is 6.62. The number of nitrogens with one attached hydrogen (secondary N) is 2. The maximum atomic E-state index is 5.98. The van der Waals surface area contributed by atoms with E-state index in [1.807, 2.05) is 97.1 Å². The van der Waals surface area contributed by atoms with Crippen LogP contribution >= 0.6 is 0 Å². The van der Waals surface area contributed by atoms with Crippen molar-refractivity contribution < 1.29 is 4.74 Å². The van der Waals surface area contributed by atoms with Crippen LogP contribution < -0.4 is 15.4 Å². The predicted molar refractivity (Wildman–Crippen MR) is 110 cm³/mol. The Morgan fingerprint density at radius 1 is 0.556 bits per heavy atom. The summed E-state index contributed by atoms with van der Waals surface area (Å²) in [6, 6.07) is 31.5. The van der Waals surface area contributed by atoms with E-state index in [1.165, 1.54) is 0 Å². The molecule has 1 aromatic heterocycles. The third kappa shape index (κ3) is 4.64. The molecule has 0 radical (unpaired) electrons. The standard InChI is InChI=1S/C23H19N3O/c1-2-7-18(8-3-1)25-20-9-6-10-22(17-20)27-21-14-12-19(13-15-21)26-23-11-4-5-16-24-23/h1-17,25H,(H,24,26). The number of aromatic nitrogens is 1. The third-order valence-electron chi connectivity index (χ3n) is 3.92. The van der Waals surface area contributed by atoms with E-state index in [9.17, 15) is 0 Å². The van der Waals surface area contributed by atoms with E-state index in [2.05, 4.69) is 15.6 Å². The molecule has 0 atom stereocenters. The van der Waals surface area contributed by atoms with E-state index in [4.69, 9.17) is 4.74 Å². The van der Waals surface area contributed by atoms with E-state index < -0.39 is 0 Å². The van der Waals surface area contributed by atoms with Crippen LogP contribution in [0.15, 0.2) is 103 Å². The number of nitrogens with zero attached hydrogens (tertiary/aromatic N) is 1. The van der Waals surface area contributed by atoms with E-state index in [0.29, 0.717) is 0 Å². The predicted octanol–water partition coefficient (Wildman–Crippen LogP) is 6.36. The van der Waals surface area contributed by atoms with Crippen LogP contribution in [0.1, 0.15) is 0 Å². The van der Waals surface area contributed by atoms with Crippen molar-refractivity contribution in [2.45, 2.75) is 0 Å². The molecule has 0 fully saturated rings. The van der Waals surface area contributed by atoms with Gasteiger partial charge in [0, 0.05) is 29.3 Å². The molecule has 0 unspecified atom stereocenters. The maximum absolute atomic E-state index is 5.98. The Balaban J connectivity index is 1.42. The smallest absolute Gasteiger partial charge is 0.130 e. The summed E-state index contributed by atoms with van der Waals surface area (Å²) in [7, 11) is 0. The van der Waals surface area contributed by atoms with Crippen LogP contribution in [0.25, 0.3) is 0 Å². The van der Waals surface area contributed by atoms with Crippen molar-refractivity contribution in [1.29, 1.82) is 0 Å². The third-order valence-corrected chi connectivity index (χ3v) is 3.92. The minimum atomic E-state index is 0.776. The van der Waals surface area contributed by atoms with Crippen molar-refractivity contribution in [1.82, 2.24) is 4.98 Å². The van der Waals surface area contributed by atoms with Gasteiger partial charge in [-0.15, -0.1) is 0 Å². The Hall–Kier alpha value is -3.79. The molecule has 0 bridgehead atoms. The van der Waals surface area contributed by atoms with E-state index in [1.54, 1.807) is 6.20 Å². The number of rotatable bonds is 6. The van der Waals surface area contributed by atoms with Crippen LogP contribution in [-0.4, -0.2) is 4.98 Å². The summed E-state index contributed by atoms with van der Waals surface area (Å²) in [6.45, 7) is 0. The fourth-order valence-electron chi connectivity index (χ4n) is 2.65. The van der Waals surface area contributed by atoms with Gasteiger partial charge in [0.2, 0.25) is 0 Å². The highest BCUT2D eigenvalue weighted by molar-refractivity contribution is 5.61. The Labute approximate surface area is 158 Å². The zero-order valence-corrected chi connectivity index (χ0v) is 14.7. The highest BCUT2D eigenvalue weighted by Crippen LogP contribution is 2.27. The molecule has 3 aromatic carbocycles. The maximum Gasteiger partial charge on any atom is 0.130 e. The van der Waals surface area contributed by atoms with Crippen molar-refractivity contribution in [3.63, 3.8) is 0 Å². The molecule has 0 amide bonds. The van der Waals surface area contributed by atoms with Gasteiger partial charge < -0.3 is 15.4 Å². The molecule has 0 aliphatic rings. The lowest BCUT2D eigenvalue weighted by Gasteiger charge is -2.10. The van der Waals surface area contributed by atoms with Crippen molar-refractivity contribution in [2.75, 3.05) is 10.6 Å². The van der Waals surface area contributed by atoms with Gasteiger partial charge in [-0.3, -0.25) is 0 Å². The number of benzene rings is 3. The fraction of sp³-hybridized carbons (Fsp3) is 0. The number of para-hydroxylation sites is 1. The van der Waals surface area contributed by atoms with Gasteiger partial charge in [-0.1, -0.05) is 30.3 Å². The molecule has 0 saturated heterocycles. The van der Waals surface area contributed by atoms with Crippen LogP contribution in [-0.2, 0) is 0 Å². The molecule has 0 saturated carbocycles. The van der Waals surface area contributed by atoms with Gasteiger partial charge in [0.1, 0.15) is 17.3 Å². The van der Waals surface area contributed by atoms with Gasteiger partial charge in [-0.25, -0.2) is 4.98 Å². The molecule has 4 rings (SSSR count). The lowest BCUT2D eigenvalue weighted by Crippen LogP contribution is -1.93. The molecule has 4 nitrogen and oxygen atoms in total. The fourth-order valence-corrected chi connectivity index (χ4v) is 2.65. The quantitative estimate of drug-likeness (QED) is 0.423. The zero-order valence-electron chi connectivity index (χ0n) is 14.7. The van der Waals surface area contributed by atoms with Crippen LogP contribution in [0.5, 0.6) is 11.5 Å². The molecule has 27 heavy (non-hydrogen) atoms. The number of ether oxygens (including phenoxy) is 1. The Morgan fingerprint density at radius 3 is 2.07 bits per heavy atom. The summed E-state index contributed by atoms with van der Waals surface area (Å²) < 4.78 is 5.98.